The van der Waals surface area contributed by atoms with Crippen LogP contribution >= 0.6 is 0 Å². The van der Waals surface area contributed by atoms with Crippen LogP contribution in [0.25, 0.3) is 5.57 Å². The van der Waals surface area contributed by atoms with E-state index in [2.05, 4.69) is 13.0 Å². The Morgan fingerprint density at radius 1 is 0.900 bits per heavy atom. The van der Waals surface area contributed by atoms with Crippen LogP contribution in [0.15, 0.2) is 24.3 Å². The lowest BCUT2D eigenvalue weighted by molar-refractivity contribution is -0.140. The third-order valence-corrected chi connectivity index (χ3v) is 7.37. The molecule has 2 aliphatic carbocycles. The van der Waals surface area contributed by atoms with E-state index >= 15 is 0 Å². The fourth-order valence-corrected chi connectivity index (χ4v) is 5.47. The highest BCUT2D eigenvalue weighted by Crippen LogP contribution is 2.42. The Labute approximate surface area is 179 Å². The van der Waals surface area contributed by atoms with Gasteiger partial charge in [-0.05, 0) is 73.1 Å². The van der Waals surface area contributed by atoms with Crippen LogP contribution in [-0.2, 0) is 6.18 Å². The lowest BCUT2D eigenvalue weighted by Crippen LogP contribution is -2.23. The van der Waals surface area contributed by atoms with E-state index in [0.29, 0.717) is 11.5 Å². The average Bonchev–Trinajstić information content (AvgIpc) is 2.73. The van der Waals surface area contributed by atoms with Crippen molar-refractivity contribution in [3.05, 3.63) is 41.2 Å². The molecule has 0 bridgehead atoms. The van der Waals surface area contributed by atoms with Crippen LogP contribution in [0.1, 0.15) is 102 Å². The topological polar surface area (TPSA) is 0 Å². The lowest BCUT2D eigenvalue weighted by Gasteiger charge is -2.35. The van der Waals surface area contributed by atoms with Crippen molar-refractivity contribution in [2.24, 2.45) is 17.8 Å². The summed E-state index contributed by atoms with van der Waals surface area (Å²) in [4.78, 5) is 0. The molecule has 2 aliphatic rings. The van der Waals surface area contributed by atoms with Crippen molar-refractivity contribution in [2.75, 3.05) is 0 Å². The second-order valence-electron chi connectivity index (χ2n) is 9.44. The highest BCUT2D eigenvalue weighted by atomic mass is 19.4. The number of benzene rings is 1. The zero-order chi connectivity index (χ0) is 21.6. The van der Waals surface area contributed by atoms with Crippen molar-refractivity contribution < 1.29 is 17.6 Å². The lowest BCUT2D eigenvalue weighted by atomic mass is 9.70. The SMILES string of the molecule is CCCCCCCC1CCC(C2CC=C(c3ccc(C(F)(F)F)c(F)c3)CC2)CC1. The molecule has 1 unspecified atom stereocenters. The maximum absolute atomic E-state index is 13.9. The van der Waals surface area contributed by atoms with Gasteiger partial charge in [-0.15, -0.1) is 0 Å². The molecule has 0 radical (unpaired) electrons. The van der Waals surface area contributed by atoms with Gasteiger partial charge in [0, 0.05) is 0 Å². The quantitative estimate of drug-likeness (QED) is 0.288. The van der Waals surface area contributed by atoms with Crippen molar-refractivity contribution in [2.45, 2.75) is 96.6 Å². The van der Waals surface area contributed by atoms with Crippen LogP contribution in [0.4, 0.5) is 17.6 Å². The summed E-state index contributed by atoms with van der Waals surface area (Å²) >= 11 is 0. The number of hydrogen-bond donors (Lipinski definition) is 0. The van der Waals surface area contributed by atoms with Crippen LogP contribution in [-0.4, -0.2) is 0 Å². The van der Waals surface area contributed by atoms with Crippen LogP contribution < -0.4 is 0 Å². The first-order chi connectivity index (χ1) is 14.4. The van der Waals surface area contributed by atoms with E-state index in [-0.39, 0.29) is 0 Å². The predicted molar refractivity (Wildman–Crippen MR) is 116 cm³/mol. The molecule has 0 aromatic heterocycles. The molecular formula is C26H36F4. The molecule has 30 heavy (non-hydrogen) atoms. The molecule has 0 amide bonds. The highest BCUT2D eigenvalue weighted by molar-refractivity contribution is 5.66. The number of unbranched alkanes of at least 4 members (excludes halogenated alkanes) is 4. The van der Waals surface area contributed by atoms with Gasteiger partial charge in [0.15, 0.2) is 0 Å². The van der Waals surface area contributed by atoms with E-state index in [4.69, 9.17) is 0 Å². The Morgan fingerprint density at radius 2 is 1.63 bits per heavy atom. The van der Waals surface area contributed by atoms with Crippen molar-refractivity contribution in [1.29, 1.82) is 0 Å². The second kappa shape index (κ2) is 10.8. The molecule has 1 aromatic rings. The molecule has 0 aliphatic heterocycles. The van der Waals surface area contributed by atoms with Crippen LogP contribution in [0.3, 0.4) is 0 Å². The average molecular weight is 425 g/mol. The summed E-state index contributed by atoms with van der Waals surface area (Å²) in [5.74, 6) is 1.20. The minimum absolute atomic E-state index is 0.603. The zero-order valence-corrected chi connectivity index (χ0v) is 18.2. The van der Waals surface area contributed by atoms with Gasteiger partial charge in [-0.2, -0.15) is 13.2 Å². The van der Waals surface area contributed by atoms with Gasteiger partial charge < -0.3 is 0 Å². The summed E-state index contributed by atoms with van der Waals surface area (Å²) in [5, 5.41) is 0. The smallest absolute Gasteiger partial charge is 0.206 e. The molecule has 1 saturated carbocycles. The van der Waals surface area contributed by atoms with E-state index in [1.807, 2.05) is 0 Å². The fourth-order valence-electron chi connectivity index (χ4n) is 5.47. The Bertz CT molecular complexity index is 695. The minimum atomic E-state index is -4.64. The molecule has 1 aromatic carbocycles. The third kappa shape index (κ3) is 6.34. The van der Waals surface area contributed by atoms with Crippen molar-refractivity contribution in [3.63, 3.8) is 0 Å². The van der Waals surface area contributed by atoms with Crippen molar-refractivity contribution in [3.8, 4) is 0 Å². The Balaban J connectivity index is 1.46. The van der Waals surface area contributed by atoms with Gasteiger partial charge in [-0.1, -0.05) is 70.4 Å². The summed E-state index contributed by atoms with van der Waals surface area (Å²) in [7, 11) is 0. The summed E-state index contributed by atoms with van der Waals surface area (Å²) in [6.45, 7) is 2.26. The molecule has 0 N–H and O–H groups in total. The normalized spacial score (nSPS) is 25.2. The maximum atomic E-state index is 13.9. The van der Waals surface area contributed by atoms with Crippen LogP contribution in [0, 0.1) is 23.6 Å². The van der Waals surface area contributed by atoms with Crippen molar-refractivity contribution >= 4 is 5.57 Å². The van der Waals surface area contributed by atoms with Gasteiger partial charge in [0.25, 0.3) is 0 Å². The molecule has 4 heteroatoms. The number of hydrogen-bond acceptors (Lipinski definition) is 0. The molecule has 0 heterocycles. The van der Waals surface area contributed by atoms with E-state index < -0.39 is 17.6 Å². The highest BCUT2D eigenvalue weighted by Gasteiger charge is 2.34. The summed E-state index contributed by atoms with van der Waals surface area (Å²) < 4.78 is 52.2. The predicted octanol–water partition coefficient (Wildman–Crippen LogP) is 9.19. The fraction of sp³-hybridized carbons (Fsp3) is 0.692. The third-order valence-electron chi connectivity index (χ3n) is 7.37. The second-order valence-corrected chi connectivity index (χ2v) is 9.44. The minimum Gasteiger partial charge on any atom is -0.206 e. The number of allylic oxidation sites excluding steroid dienone is 2. The molecule has 0 saturated heterocycles. The maximum Gasteiger partial charge on any atom is 0.419 e. The molecular weight excluding hydrogens is 388 g/mol. The Hall–Kier alpha value is -1.32. The van der Waals surface area contributed by atoms with Gasteiger partial charge in [-0.3, -0.25) is 0 Å². The van der Waals surface area contributed by atoms with E-state index in [0.717, 1.165) is 48.8 Å². The monoisotopic (exact) mass is 424 g/mol. The van der Waals surface area contributed by atoms with Gasteiger partial charge in [0.2, 0.25) is 0 Å². The summed E-state index contributed by atoms with van der Waals surface area (Å²) in [6.07, 6.45) is 14.0. The molecule has 1 atom stereocenters. The number of rotatable bonds is 8. The Morgan fingerprint density at radius 3 is 2.23 bits per heavy atom. The van der Waals surface area contributed by atoms with Crippen molar-refractivity contribution in [1.82, 2.24) is 0 Å². The van der Waals surface area contributed by atoms with E-state index in [9.17, 15) is 17.6 Å². The largest absolute Gasteiger partial charge is 0.419 e. The van der Waals surface area contributed by atoms with Crippen LogP contribution in [0.5, 0.6) is 0 Å². The summed E-state index contributed by atoms with van der Waals surface area (Å²) in [6, 6.07) is 3.35. The first-order valence-corrected chi connectivity index (χ1v) is 11.9. The van der Waals surface area contributed by atoms with Gasteiger partial charge >= 0.3 is 6.18 Å². The number of alkyl halides is 3. The first kappa shape index (κ1) is 23.3. The summed E-state index contributed by atoms with van der Waals surface area (Å²) in [5.41, 5.74) is 0.424. The van der Waals surface area contributed by atoms with Gasteiger partial charge in [0.05, 0.1) is 5.56 Å². The molecule has 3 rings (SSSR count). The Kier molecular flexibility index (Phi) is 8.42. The molecule has 168 valence electrons. The van der Waals surface area contributed by atoms with Crippen LogP contribution in [0.2, 0.25) is 0 Å². The first-order valence-electron chi connectivity index (χ1n) is 11.9. The van der Waals surface area contributed by atoms with E-state index in [1.165, 1.54) is 70.3 Å². The molecule has 1 fully saturated rings. The molecule has 0 nitrogen and oxygen atoms in total. The van der Waals surface area contributed by atoms with Gasteiger partial charge in [-0.25, -0.2) is 4.39 Å². The molecule has 0 spiro atoms. The standard InChI is InChI=1S/C26H36F4/c1-2-3-4-5-6-7-19-8-10-20(11-9-19)21-12-14-22(15-13-21)23-16-17-24(25(27)18-23)26(28,29)30/h14,16-21H,2-13,15H2,1H3. The van der Waals surface area contributed by atoms with E-state index in [1.54, 1.807) is 0 Å². The van der Waals surface area contributed by atoms with Gasteiger partial charge in [0.1, 0.15) is 5.82 Å². The zero-order valence-electron chi connectivity index (χ0n) is 18.2. The number of halogens is 4.